The van der Waals surface area contributed by atoms with Crippen molar-refractivity contribution in [3.05, 3.63) is 33.1 Å². The summed E-state index contributed by atoms with van der Waals surface area (Å²) in [6, 6.07) is 6.26. The van der Waals surface area contributed by atoms with Gasteiger partial charge in [-0.1, -0.05) is 0 Å². The average molecular weight is 282 g/mol. The molecule has 0 unspecified atom stereocenters. The Morgan fingerprint density at radius 1 is 1.40 bits per heavy atom. The zero-order chi connectivity index (χ0) is 10.3. The Hall–Kier alpha value is -0.870. The number of hydrogen-bond acceptors (Lipinski definition) is 3. The van der Waals surface area contributed by atoms with Gasteiger partial charge in [0.15, 0.2) is 3.92 Å². The van der Waals surface area contributed by atoms with Crippen molar-refractivity contribution >= 4 is 27.3 Å². The van der Waals surface area contributed by atoms with Gasteiger partial charge in [-0.2, -0.15) is 0 Å². The molecule has 1 aromatic carbocycles. The van der Waals surface area contributed by atoms with Crippen molar-refractivity contribution < 1.29 is 4.74 Å². The molecule has 15 heavy (non-hydrogen) atoms. The van der Waals surface area contributed by atoms with Crippen LogP contribution >= 0.6 is 27.3 Å². The fourth-order valence-electron chi connectivity index (χ4n) is 1.73. The predicted octanol–water partition coefficient (Wildman–Crippen LogP) is 3.51. The van der Waals surface area contributed by atoms with Crippen LogP contribution in [0.4, 0.5) is 0 Å². The molecule has 2 heterocycles. The lowest BCUT2D eigenvalue weighted by atomic mass is 10.1. The van der Waals surface area contributed by atoms with Crippen molar-refractivity contribution in [2.45, 2.75) is 6.42 Å². The van der Waals surface area contributed by atoms with Gasteiger partial charge in [-0.15, -0.1) is 11.3 Å². The summed E-state index contributed by atoms with van der Waals surface area (Å²) in [5.74, 6) is 1.02. The van der Waals surface area contributed by atoms with Crippen LogP contribution in [0, 0.1) is 0 Å². The van der Waals surface area contributed by atoms with Gasteiger partial charge in [-0.05, 0) is 39.7 Å². The van der Waals surface area contributed by atoms with Gasteiger partial charge in [0.1, 0.15) is 5.75 Å². The summed E-state index contributed by atoms with van der Waals surface area (Å²) in [7, 11) is 0. The quantitative estimate of drug-likeness (QED) is 0.798. The topological polar surface area (TPSA) is 22.1 Å². The van der Waals surface area contributed by atoms with Crippen LogP contribution in [0.2, 0.25) is 0 Å². The molecule has 3 rings (SSSR count). The second-order valence-electron chi connectivity index (χ2n) is 3.41. The molecule has 0 N–H and O–H groups in total. The van der Waals surface area contributed by atoms with Gasteiger partial charge in [0.05, 0.1) is 12.3 Å². The van der Waals surface area contributed by atoms with Gasteiger partial charge >= 0.3 is 0 Å². The lowest BCUT2D eigenvalue weighted by Gasteiger charge is -2.00. The number of benzene rings is 1. The van der Waals surface area contributed by atoms with Crippen LogP contribution in [-0.4, -0.2) is 11.6 Å². The molecule has 1 aliphatic heterocycles. The summed E-state index contributed by atoms with van der Waals surface area (Å²) in [4.78, 5) is 4.40. The second kappa shape index (κ2) is 3.61. The molecule has 76 valence electrons. The van der Waals surface area contributed by atoms with Gasteiger partial charge in [0.2, 0.25) is 0 Å². The number of hydrogen-bond donors (Lipinski definition) is 0. The molecule has 0 saturated heterocycles. The normalized spacial score (nSPS) is 13.7. The van der Waals surface area contributed by atoms with Gasteiger partial charge < -0.3 is 4.74 Å². The fraction of sp³-hybridized carbons (Fsp3) is 0.182. The van der Waals surface area contributed by atoms with Crippen molar-refractivity contribution in [3.63, 3.8) is 0 Å². The van der Waals surface area contributed by atoms with Crippen LogP contribution in [0.3, 0.4) is 0 Å². The molecule has 2 aromatic rings. The highest BCUT2D eigenvalue weighted by Crippen LogP contribution is 2.31. The SMILES string of the molecule is Brc1nc(-c2ccc3c(c2)CCO3)cs1. The molecule has 0 fully saturated rings. The summed E-state index contributed by atoms with van der Waals surface area (Å²) in [5.41, 5.74) is 3.49. The molecule has 0 radical (unpaired) electrons. The zero-order valence-corrected chi connectivity index (χ0v) is 10.3. The van der Waals surface area contributed by atoms with Crippen molar-refractivity contribution in [2.75, 3.05) is 6.61 Å². The van der Waals surface area contributed by atoms with E-state index in [1.54, 1.807) is 11.3 Å². The van der Waals surface area contributed by atoms with Crippen LogP contribution in [-0.2, 0) is 6.42 Å². The number of nitrogens with zero attached hydrogens (tertiary/aromatic N) is 1. The van der Waals surface area contributed by atoms with Crippen molar-refractivity contribution in [1.82, 2.24) is 4.98 Å². The van der Waals surface area contributed by atoms with E-state index in [-0.39, 0.29) is 0 Å². The van der Waals surface area contributed by atoms with Crippen LogP contribution in [0.5, 0.6) is 5.75 Å². The van der Waals surface area contributed by atoms with Gasteiger partial charge in [-0.25, -0.2) is 4.98 Å². The largest absolute Gasteiger partial charge is 0.493 e. The molecular formula is C11H8BrNOS. The zero-order valence-electron chi connectivity index (χ0n) is 7.87. The lowest BCUT2D eigenvalue weighted by Crippen LogP contribution is -1.85. The predicted molar refractivity (Wildman–Crippen MR) is 64.4 cm³/mol. The van der Waals surface area contributed by atoms with Gasteiger partial charge in [0.25, 0.3) is 0 Å². The Kier molecular flexibility index (Phi) is 2.25. The average Bonchev–Trinajstić information content (AvgIpc) is 2.84. The number of halogens is 1. The second-order valence-corrected chi connectivity index (χ2v) is 5.54. The molecule has 0 aliphatic carbocycles. The summed E-state index contributed by atoms with van der Waals surface area (Å²) in [6.45, 7) is 0.805. The van der Waals surface area contributed by atoms with E-state index in [0.717, 1.165) is 28.4 Å². The van der Waals surface area contributed by atoms with E-state index in [4.69, 9.17) is 4.74 Å². The molecule has 1 aliphatic rings. The fourth-order valence-corrected chi connectivity index (χ4v) is 2.75. The van der Waals surface area contributed by atoms with Crippen molar-refractivity contribution in [1.29, 1.82) is 0 Å². The lowest BCUT2D eigenvalue weighted by molar-refractivity contribution is 0.357. The Balaban J connectivity index is 2.06. The first-order valence-electron chi connectivity index (χ1n) is 4.70. The van der Waals surface area contributed by atoms with E-state index < -0.39 is 0 Å². The third-order valence-corrected chi connectivity index (χ3v) is 3.83. The Bertz CT molecular complexity index is 509. The van der Waals surface area contributed by atoms with Gasteiger partial charge in [-0.3, -0.25) is 0 Å². The Morgan fingerprint density at radius 3 is 3.13 bits per heavy atom. The summed E-state index contributed by atoms with van der Waals surface area (Å²) in [6.07, 6.45) is 1.01. The third-order valence-electron chi connectivity index (χ3n) is 2.46. The van der Waals surface area contributed by atoms with E-state index in [1.807, 2.05) is 6.07 Å². The molecule has 0 amide bonds. The number of fused-ring (bicyclic) bond motifs is 1. The van der Waals surface area contributed by atoms with Crippen molar-refractivity contribution in [2.24, 2.45) is 0 Å². The Labute approximate surface area is 100 Å². The van der Waals surface area contributed by atoms with E-state index >= 15 is 0 Å². The van der Waals surface area contributed by atoms with Crippen LogP contribution in [0.1, 0.15) is 5.56 Å². The van der Waals surface area contributed by atoms with E-state index in [9.17, 15) is 0 Å². The number of ether oxygens (including phenoxy) is 1. The summed E-state index contributed by atoms with van der Waals surface area (Å²) >= 11 is 4.98. The summed E-state index contributed by atoms with van der Waals surface area (Å²) in [5, 5.41) is 2.06. The first-order chi connectivity index (χ1) is 7.33. The van der Waals surface area contributed by atoms with E-state index in [2.05, 4.69) is 38.4 Å². The first-order valence-corrected chi connectivity index (χ1v) is 6.37. The maximum atomic E-state index is 5.47. The Morgan fingerprint density at radius 2 is 2.33 bits per heavy atom. The molecule has 0 saturated carbocycles. The molecule has 0 bridgehead atoms. The molecule has 2 nitrogen and oxygen atoms in total. The van der Waals surface area contributed by atoms with Crippen LogP contribution in [0.25, 0.3) is 11.3 Å². The van der Waals surface area contributed by atoms with Crippen LogP contribution in [0.15, 0.2) is 27.5 Å². The highest BCUT2D eigenvalue weighted by Gasteiger charge is 2.13. The molecule has 4 heteroatoms. The molecular weight excluding hydrogens is 274 g/mol. The minimum atomic E-state index is 0.805. The number of rotatable bonds is 1. The highest BCUT2D eigenvalue weighted by molar-refractivity contribution is 9.11. The third kappa shape index (κ3) is 1.68. The number of thiazole rings is 1. The molecule has 0 atom stereocenters. The summed E-state index contributed by atoms with van der Waals surface area (Å²) < 4.78 is 6.39. The van der Waals surface area contributed by atoms with Crippen LogP contribution < -0.4 is 4.74 Å². The van der Waals surface area contributed by atoms with E-state index in [1.165, 1.54) is 11.1 Å². The van der Waals surface area contributed by atoms with Gasteiger partial charge in [0, 0.05) is 17.4 Å². The molecule has 1 aromatic heterocycles. The van der Waals surface area contributed by atoms with Crippen molar-refractivity contribution in [3.8, 4) is 17.0 Å². The number of aromatic nitrogens is 1. The monoisotopic (exact) mass is 281 g/mol. The molecule has 0 spiro atoms. The minimum absolute atomic E-state index is 0.805. The smallest absolute Gasteiger partial charge is 0.159 e. The maximum Gasteiger partial charge on any atom is 0.159 e. The van der Waals surface area contributed by atoms with E-state index in [0.29, 0.717) is 0 Å². The highest BCUT2D eigenvalue weighted by atomic mass is 79.9. The first kappa shape index (κ1) is 9.36. The standard InChI is InChI=1S/C11H8BrNOS/c12-11-13-9(6-15-11)7-1-2-10-8(5-7)3-4-14-10/h1-2,5-6H,3-4H2. The maximum absolute atomic E-state index is 5.47. The minimum Gasteiger partial charge on any atom is -0.493 e.